The molecule has 226 valence electrons. The smallest absolute Gasteiger partial charge is 0.337 e. The highest BCUT2D eigenvalue weighted by Crippen LogP contribution is 2.54. The van der Waals surface area contributed by atoms with Crippen LogP contribution in [0, 0.1) is 11.2 Å². The Bertz CT molecular complexity index is 1640. The zero-order valence-electron chi connectivity index (χ0n) is 24.5. The Morgan fingerprint density at radius 3 is 2.51 bits per heavy atom. The van der Waals surface area contributed by atoms with E-state index < -0.39 is 29.3 Å². The summed E-state index contributed by atoms with van der Waals surface area (Å²) in [6.45, 7) is 6.18. The predicted molar refractivity (Wildman–Crippen MR) is 168 cm³/mol. The van der Waals surface area contributed by atoms with E-state index in [4.69, 9.17) is 27.9 Å². The molecule has 1 saturated heterocycles. The highest BCUT2D eigenvalue weighted by Gasteiger charge is 2.60. The third-order valence-corrected chi connectivity index (χ3v) is 8.58. The Balaban J connectivity index is 1.59. The third kappa shape index (κ3) is 5.57. The minimum atomic E-state index is -1.21. The first-order valence-corrected chi connectivity index (χ1v) is 14.6. The fraction of sp³-hybridized carbons (Fsp3) is 0.344. The van der Waals surface area contributed by atoms with Crippen LogP contribution in [0.15, 0.2) is 48.5 Å². The minimum Gasteiger partial charge on any atom is -0.465 e. The van der Waals surface area contributed by atoms with E-state index in [9.17, 15) is 14.4 Å². The molecule has 0 aliphatic carbocycles. The maximum absolute atomic E-state index is 15.5. The minimum absolute atomic E-state index is 0.0517. The summed E-state index contributed by atoms with van der Waals surface area (Å²) >= 11 is 12.6. The molecule has 0 bridgehead atoms. The van der Waals surface area contributed by atoms with Gasteiger partial charge in [-0.05, 0) is 60.2 Å². The molecule has 0 saturated carbocycles. The standard InChI is InChI=1S/C32H33Cl2FN4O4/c1-31(2,3)15-25-32(14-24(37-25)28(40)38-21-10-9-16(29(41)43-5)11-22(21)36-4)26-19(18-7-6-8-20(34)27(18)35)12-17(33)13-23(26)39-30(32)42/h6-13,24-25,36-37H,14-15H2,1-5H3,(H,38,40)(H,39,42)/t24-,25+,32+/m1/s1. The number of methoxy groups -OCH3 is 1. The average Bonchev–Trinajstić information content (AvgIpc) is 3.45. The lowest BCUT2D eigenvalue weighted by molar-refractivity contribution is -0.121. The van der Waals surface area contributed by atoms with E-state index in [0.29, 0.717) is 45.2 Å². The van der Waals surface area contributed by atoms with E-state index in [2.05, 4.69) is 42.0 Å². The summed E-state index contributed by atoms with van der Waals surface area (Å²) in [4.78, 5) is 39.9. The van der Waals surface area contributed by atoms with E-state index >= 15 is 4.39 Å². The lowest BCUT2D eigenvalue weighted by Gasteiger charge is -2.34. The molecule has 3 aromatic carbocycles. The number of amides is 2. The van der Waals surface area contributed by atoms with Gasteiger partial charge in [-0.15, -0.1) is 0 Å². The van der Waals surface area contributed by atoms with Crippen molar-refractivity contribution < 1.29 is 23.5 Å². The summed E-state index contributed by atoms with van der Waals surface area (Å²) in [5.74, 6) is -1.77. The van der Waals surface area contributed by atoms with Crippen LogP contribution in [0.5, 0.6) is 0 Å². The Kier molecular flexibility index (Phi) is 8.19. The number of benzene rings is 3. The summed E-state index contributed by atoms with van der Waals surface area (Å²) in [5.41, 5.74) is 1.59. The van der Waals surface area contributed by atoms with Gasteiger partial charge in [0.15, 0.2) is 0 Å². The van der Waals surface area contributed by atoms with Crippen LogP contribution in [0.1, 0.15) is 49.5 Å². The lowest BCUT2D eigenvalue weighted by Crippen LogP contribution is -2.48. The maximum Gasteiger partial charge on any atom is 0.337 e. The number of rotatable bonds is 6. The first kappa shape index (κ1) is 30.8. The fourth-order valence-electron chi connectivity index (χ4n) is 6.23. The summed E-state index contributed by atoms with van der Waals surface area (Å²) in [6, 6.07) is 11.5. The normalized spacial score (nSPS) is 21.0. The molecular formula is C32H33Cl2FN4O4. The molecular weight excluding hydrogens is 594 g/mol. The maximum atomic E-state index is 15.5. The van der Waals surface area contributed by atoms with Crippen LogP contribution in [0.2, 0.25) is 10.0 Å². The van der Waals surface area contributed by atoms with E-state index in [1.54, 1.807) is 49.5 Å². The SMILES string of the molecule is CNc1cc(C(=O)OC)ccc1NC(=O)[C@H]1C[C@]2(C(=O)Nc3cc(Cl)cc(-c4cccc(Cl)c4F)c32)[C@H](CC(C)(C)C)N1. The van der Waals surface area contributed by atoms with Gasteiger partial charge in [0.1, 0.15) is 5.82 Å². The van der Waals surface area contributed by atoms with Crippen LogP contribution < -0.4 is 21.3 Å². The molecule has 2 aliphatic rings. The van der Waals surface area contributed by atoms with Crippen molar-refractivity contribution in [3.05, 3.63) is 75.5 Å². The molecule has 2 aliphatic heterocycles. The fourth-order valence-corrected chi connectivity index (χ4v) is 6.62. The molecule has 43 heavy (non-hydrogen) atoms. The molecule has 1 spiro atoms. The molecule has 3 atom stereocenters. The summed E-state index contributed by atoms with van der Waals surface area (Å²) in [5, 5.41) is 12.6. The number of carbonyl (C=O) groups excluding carboxylic acids is 3. The Labute approximate surface area is 259 Å². The van der Waals surface area contributed by atoms with Crippen molar-refractivity contribution in [2.75, 3.05) is 30.1 Å². The second-order valence-corrected chi connectivity index (χ2v) is 13.0. The third-order valence-electron chi connectivity index (χ3n) is 8.07. The molecule has 0 unspecified atom stereocenters. The Hall–Kier alpha value is -3.66. The molecule has 0 aromatic heterocycles. The predicted octanol–water partition coefficient (Wildman–Crippen LogP) is 6.62. The van der Waals surface area contributed by atoms with Gasteiger partial charge in [0, 0.05) is 34.9 Å². The summed E-state index contributed by atoms with van der Waals surface area (Å²) in [7, 11) is 2.97. The lowest BCUT2D eigenvalue weighted by atomic mass is 9.68. The number of anilines is 3. The second kappa shape index (κ2) is 11.4. The highest BCUT2D eigenvalue weighted by atomic mass is 35.5. The van der Waals surface area contributed by atoms with Crippen LogP contribution >= 0.6 is 23.2 Å². The molecule has 11 heteroatoms. The first-order chi connectivity index (χ1) is 20.3. The molecule has 2 heterocycles. The zero-order valence-corrected chi connectivity index (χ0v) is 26.0. The van der Waals surface area contributed by atoms with Crippen molar-refractivity contribution in [3.8, 4) is 11.1 Å². The van der Waals surface area contributed by atoms with Gasteiger partial charge in [-0.1, -0.05) is 56.1 Å². The number of halogens is 3. The molecule has 5 rings (SSSR count). The van der Waals surface area contributed by atoms with Crippen molar-refractivity contribution >= 4 is 58.0 Å². The van der Waals surface area contributed by atoms with Crippen LogP contribution in [0.3, 0.4) is 0 Å². The van der Waals surface area contributed by atoms with E-state index in [1.165, 1.54) is 13.2 Å². The summed E-state index contributed by atoms with van der Waals surface area (Å²) < 4.78 is 20.3. The van der Waals surface area contributed by atoms with E-state index in [0.717, 1.165) is 0 Å². The van der Waals surface area contributed by atoms with Crippen LogP contribution in [-0.4, -0.2) is 44.0 Å². The molecule has 1 fully saturated rings. The topological polar surface area (TPSA) is 109 Å². The quantitative estimate of drug-likeness (QED) is 0.229. The molecule has 4 N–H and O–H groups in total. The van der Waals surface area contributed by atoms with Gasteiger partial charge in [-0.25, -0.2) is 9.18 Å². The molecule has 0 radical (unpaired) electrons. The summed E-state index contributed by atoms with van der Waals surface area (Å²) in [6.07, 6.45) is 0.656. The largest absolute Gasteiger partial charge is 0.465 e. The molecule has 8 nitrogen and oxygen atoms in total. The number of hydrogen-bond donors (Lipinski definition) is 4. The number of esters is 1. The van der Waals surface area contributed by atoms with Crippen molar-refractivity contribution in [2.24, 2.45) is 5.41 Å². The van der Waals surface area contributed by atoms with Gasteiger partial charge in [-0.3, -0.25) is 9.59 Å². The number of fused-ring (bicyclic) bond motifs is 2. The van der Waals surface area contributed by atoms with Crippen LogP contribution in [0.4, 0.5) is 21.5 Å². The molecule has 3 aromatic rings. The number of carbonyl (C=O) groups is 3. The first-order valence-electron chi connectivity index (χ1n) is 13.9. The van der Waals surface area contributed by atoms with E-state index in [1.807, 2.05) is 0 Å². The monoisotopic (exact) mass is 626 g/mol. The zero-order chi connectivity index (χ0) is 31.3. The van der Waals surface area contributed by atoms with Gasteiger partial charge in [0.2, 0.25) is 11.8 Å². The molecule has 2 amide bonds. The Morgan fingerprint density at radius 2 is 1.84 bits per heavy atom. The van der Waals surface area contributed by atoms with Gasteiger partial charge in [0.25, 0.3) is 0 Å². The van der Waals surface area contributed by atoms with Gasteiger partial charge in [-0.2, -0.15) is 0 Å². The van der Waals surface area contributed by atoms with E-state index in [-0.39, 0.29) is 34.2 Å². The van der Waals surface area contributed by atoms with Gasteiger partial charge < -0.3 is 26.0 Å². The van der Waals surface area contributed by atoms with Crippen molar-refractivity contribution in [2.45, 2.75) is 51.1 Å². The average molecular weight is 628 g/mol. The van der Waals surface area contributed by atoms with Gasteiger partial charge in [0.05, 0.1) is 40.5 Å². The van der Waals surface area contributed by atoms with Crippen molar-refractivity contribution in [1.82, 2.24) is 5.32 Å². The second-order valence-electron chi connectivity index (χ2n) is 12.1. The highest BCUT2D eigenvalue weighted by molar-refractivity contribution is 6.32. The van der Waals surface area contributed by atoms with Crippen LogP contribution in [0.25, 0.3) is 11.1 Å². The number of nitrogens with one attached hydrogen (secondary N) is 4. The van der Waals surface area contributed by atoms with Crippen LogP contribution in [-0.2, 0) is 19.7 Å². The van der Waals surface area contributed by atoms with Crippen molar-refractivity contribution in [1.29, 1.82) is 0 Å². The Morgan fingerprint density at radius 1 is 1.09 bits per heavy atom. The number of ether oxygens (including phenoxy) is 1. The number of hydrogen-bond acceptors (Lipinski definition) is 6. The van der Waals surface area contributed by atoms with Crippen molar-refractivity contribution in [3.63, 3.8) is 0 Å². The van der Waals surface area contributed by atoms with Gasteiger partial charge >= 0.3 is 5.97 Å².